The number of aryl methyl sites for hydroxylation is 3. The Morgan fingerprint density at radius 1 is 1.17 bits per heavy atom. The fourth-order valence-corrected chi connectivity index (χ4v) is 3.48. The van der Waals surface area contributed by atoms with Gasteiger partial charge in [0, 0.05) is 12.5 Å². The Morgan fingerprint density at radius 2 is 1.91 bits per heavy atom. The summed E-state index contributed by atoms with van der Waals surface area (Å²) in [6.45, 7) is 6.42. The highest BCUT2D eigenvalue weighted by Crippen LogP contribution is 2.18. The van der Waals surface area contributed by atoms with Crippen LogP contribution in [0.1, 0.15) is 35.2 Å². The molecule has 0 aliphatic rings. The van der Waals surface area contributed by atoms with Gasteiger partial charge in [0.15, 0.2) is 0 Å². The van der Waals surface area contributed by atoms with Gasteiger partial charge in [0.05, 0.1) is 5.69 Å². The van der Waals surface area contributed by atoms with Crippen molar-refractivity contribution in [2.24, 2.45) is 0 Å². The van der Waals surface area contributed by atoms with Gasteiger partial charge in [-0.1, -0.05) is 24.3 Å². The summed E-state index contributed by atoms with van der Waals surface area (Å²) >= 11 is 1.46. The van der Waals surface area contributed by atoms with Crippen molar-refractivity contribution < 1.29 is 4.74 Å². The van der Waals surface area contributed by atoms with Crippen molar-refractivity contribution in [1.29, 1.82) is 0 Å². The van der Waals surface area contributed by atoms with Crippen LogP contribution in [0.15, 0.2) is 29.1 Å². The van der Waals surface area contributed by atoms with Crippen LogP contribution in [-0.2, 0) is 13.0 Å². The van der Waals surface area contributed by atoms with Crippen molar-refractivity contribution in [3.05, 3.63) is 56.4 Å². The molecule has 3 aromatic rings. The van der Waals surface area contributed by atoms with E-state index in [2.05, 4.69) is 23.1 Å². The zero-order chi connectivity index (χ0) is 16.4. The summed E-state index contributed by atoms with van der Waals surface area (Å²) in [6.07, 6.45) is 1.86. The second-order valence-corrected chi connectivity index (χ2v) is 6.68. The minimum atomic E-state index is -0.160. The van der Waals surface area contributed by atoms with Crippen LogP contribution in [0.4, 0.5) is 0 Å². The van der Waals surface area contributed by atoms with E-state index in [9.17, 15) is 4.79 Å². The van der Waals surface area contributed by atoms with E-state index in [0.717, 1.165) is 34.7 Å². The van der Waals surface area contributed by atoms with E-state index in [1.54, 1.807) is 0 Å². The smallest absolute Gasteiger partial charge is 0.275 e. The van der Waals surface area contributed by atoms with Gasteiger partial charge in [0.1, 0.15) is 17.4 Å². The van der Waals surface area contributed by atoms with Gasteiger partial charge in [-0.25, -0.2) is 4.98 Å². The Bertz CT molecular complexity index is 878. The van der Waals surface area contributed by atoms with Crippen LogP contribution in [0.2, 0.25) is 0 Å². The molecule has 0 atom stereocenters. The SMILES string of the molecule is CCCc1nn2c(=O)cc(COc3cc(C)cc(C)c3)nc2s1. The Labute approximate surface area is 138 Å². The van der Waals surface area contributed by atoms with E-state index in [1.165, 1.54) is 21.9 Å². The summed E-state index contributed by atoms with van der Waals surface area (Å²) in [7, 11) is 0. The topological polar surface area (TPSA) is 56.5 Å². The molecule has 0 saturated carbocycles. The molecule has 0 N–H and O–H groups in total. The summed E-state index contributed by atoms with van der Waals surface area (Å²) in [5.74, 6) is 0.792. The summed E-state index contributed by atoms with van der Waals surface area (Å²) in [4.78, 5) is 17.3. The maximum atomic E-state index is 12.1. The first-order valence-corrected chi connectivity index (χ1v) is 8.46. The first kappa shape index (κ1) is 15.7. The Hall–Kier alpha value is -2.21. The Kier molecular flexibility index (Phi) is 4.43. The predicted molar refractivity (Wildman–Crippen MR) is 91.4 cm³/mol. The van der Waals surface area contributed by atoms with E-state index in [4.69, 9.17) is 4.74 Å². The highest BCUT2D eigenvalue weighted by atomic mass is 32.1. The third-order valence-electron chi connectivity index (χ3n) is 3.39. The van der Waals surface area contributed by atoms with Gasteiger partial charge in [0.2, 0.25) is 4.96 Å². The highest BCUT2D eigenvalue weighted by Gasteiger charge is 2.09. The molecule has 6 heteroatoms. The van der Waals surface area contributed by atoms with Crippen LogP contribution in [0.3, 0.4) is 0 Å². The van der Waals surface area contributed by atoms with Crippen molar-refractivity contribution in [1.82, 2.24) is 14.6 Å². The Balaban J connectivity index is 1.84. The van der Waals surface area contributed by atoms with Crippen LogP contribution in [0, 0.1) is 13.8 Å². The van der Waals surface area contributed by atoms with Crippen LogP contribution in [0.5, 0.6) is 5.75 Å². The zero-order valence-electron chi connectivity index (χ0n) is 13.5. The highest BCUT2D eigenvalue weighted by molar-refractivity contribution is 7.16. The molecule has 0 unspecified atom stereocenters. The van der Waals surface area contributed by atoms with Crippen molar-refractivity contribution in [2.45, 2.75) is 40.2 Å². The zero-order valence-corrected chi connectivity index (χ0v) is 14.3. The fourth-order valence-electron chi connectivity index (χ4n) is 2.46. The molecule has 0 radical (unpaired) electrons. The summed E-state index contributed by atoms with van der Waals surface area (Å²) in [6, 6.07) is 7.54. The van der Waals surface area contributed by atoms with E-state index in [1.807, 2.05) is 26.0 Å². The fraction of sp³-hybridized carbons (Fsp3) is 0.353. The predicted octanol–water partition coefficient (Wildman–Crippen LogP) is 3.30. The summed E-state index contributed by atoms with van der Waals surface area (Å²) in [5.41, 5.74) is 2.76. The van der Waals surface area contributed by atoms with Gasteiger partial charge in [0.25, 0.3) is 5.56 Å². The molecule has 0 fully saturated rings. The molecule has 1 aromatic carbocycles. The third kappa shape index (κ3) is 3.59. The van der Waals surface area contributed by atoms with Crippen LogP contribution in [0.25, 0.3) is 4.96 Å². The maximum Gasteiger partial charge on any atom is 0.275 e. The normalized spacial score (nSPS) is 11.1. The quantitative estimate of drug-likeness (QED) is 0.721. The molecular formula is C17H19N3O2S. The molecule has 23 heavy (non-hydrogen) atoms. The number of ether oxygens (including phenoxy) is 1. The largest absolute Gasteiger partial charge is 0.487 e. The lowest BCUT2D eigenvalue weighted by molar-refractivity contribution is 0.301. The minimum absolute atomic E-state index is 0.160. The van der Waals surface area contributed by atoms with Gasteiger partial charge >= 0.3 is 0 Å². The number of rotatable bonds is 5. The average Bonchev–Trinajstić information content (AvgIpc) is 2.88. The van der Waals surface area contributed by atoms with E-state index in [-0.39, 0.29) is 12.2 Å². The van der Waals surface area contributed by atoms with Gasteiger partial charge in [-0.05, 0) is 43.5 Å². The molecule has 2 aromatic heterocycles. The number of fused-ring (bicyclic) bond motifs is 1. The molecule has 0 bridgehead atoms. The molecule has 120 valence electrons. The number of hydrogen-bond donors (Lipinski definition) is 0. The van der Waals surface area contributed by atoms with Gasteiger partial charge < -0.3 is 4.74 Å². The number of benzene rings is 1. The van der Waals surface area contributed by atoms with E-state index >= 15 is 0 Å². The monoisotopic (exact) mass is 329 g/mol. The lowest BCUT2D eigenvalue weighted by Gasteiger charge is -2.07. The van der Waals surface area contributed by atoms with Crippen LogP contribution in [-0.4, -0.2) is 14.6 Å². The lowest BCUT2D eigenvalue weighted by Crippen LogP contribution is -2.16. The minimum Gasteiger partial charge on any atom is -0.487 e. The van der Waals surface area contributed by atoms with Crippen molar-refractivity contribution in [3.63, 3.8) is 0 Å². The second kappa shape index (κ2) is 6.50. The van der Waals surface area contributed by atoms with Crippen molar-refractivity contribution >= 4 is 16.3 Å². The molecule has 3 rings (SSSR count). The maximum absolute atomic E-state index is 12.1. The summed E-state index contributed by atoms with van der Waals surface area (Å²) < 4.78 is 7.16. The van der Waals surface area contributed by atoms with Crippen molar-refractivity contribution in [3.8, 4) is 5.75 Å². The number of nitrogens with zero attached hydrogens (tertiary/aromatic N) is 3. The molecule has 0 aliphatic carbocycles. The van der Waals surface area contributed by atoms with Crippen LogP contribution < -0.4 is 10.3 Å². The second-order valence-electron chi connectivity index (χ2n) is 5.64. The Morgan fingerprint density at radius 3 is 2.61 bits per heavy atom. The molecule has 0 amide bonds. The molecular weight excluding hydrogens is 310 g/mol. The first-order valence-electron chi connectivity index (χ1n) is 7.65. The molecule has 0 saturated heterocycles. The lowest BCUT2D eigenvalue weighted by atomic mass is 10.1. The average molecular weight is 329 g/mol. The molecule has 0 spiro atoms. The number of hydrogen-bond acceptors (Lipinski definition) is 5. The molecule has 5 nitrogen and oxygen atoms in total. The summed E-state index contributed by atoms with van der Waals surface area (Å²) in [5, 5.41) is 5.24. The van der Waals surface area contributed by atoms with Crippen LogP contribution >= 0.6 is 11.3 Å². The first-order chi connectivity index (χ1) is 11.0. The number of aromatic nitrogens is 3. The van der Waals surface area contributed by atoms with E-state index < -0.39 is 0 Å². The van der Waals surface area contributed by atoms with Crippen molar-refractivity contribution in [2.75, 3.05) is 0 Å². The third-order valence-corrected chi connectivity index (χ3v) is 4.35. The molecule has 2 heterocycles. The van der Waals surface area contributed by atoms with Gasteiger partial charge in [-0.3, -0.25) is 4.79 Å². The van der Waals surface area contributed by atoms with E-state index in [0.29, 0.717) is 10.7 Å². The standard InChI is InChI=1S/C17H19N3O2S/c1-4-5-15-19-20-16(21)9-13(18-17(20)23-15)10-22-14-7-11(2)6-12(3)8-14/h6-9H,4-5,10H2,1-3H3. The van der Waals surface area contributed by atoms with Gasteiger partial charge in [-0.15, -0.1) is 0 Å². The van der Waals surface area contributed by atoms with Gasteiger partial charge in [-0.2, -0.15) is 9.61 Å². The molecule has 0 aliphatic heterocycles.